The number of hydrogen-bond acceptors (Lipinski definition) is 5. The van der Waals surface area contributed by atoms with Crippen molar-refractivity contribution in [1.29, 1.82) is 0 Å². The Bertz CT molecular complexity index is 1250. The van der Waals surface area contributed by atoms with Gasteiger partial charge in [0.2, 0.25) is 17.8 Å². The Hall–Kier alpha value is -3.52. The van der Waals surface area contributed by atoms with Crippen LogP contribution < -0.4 is 14.8 Å². The van der Waals surface area contributed by atoms with Gasteiger partial charge in [0, 0.05) is 35.8 Å². The Morgan fingerprint density at radius 2 is 1.81 bits per heavy atom. The summed E-state index contributed by atoms with van der Waals surface area (Å²) in [6.45, 7) is 4.60. The van der Waals surface area contributed by atoms with E-state index in [4.69, 9.17) is 26.1 Å². The van der Waals surface area contributed by atoms with Crippen molar-refractivity contribution >= 4 is 29.4 Å². The Balaban J connectivity index is 1.63. The number of aromatic nitrogens is 2. The third-order valence-corrected chi connectivity index (χ3v) is 6.44. The normalized spacial score (nSPS) is 12.9. The minimum atomic E-state index is -0.298. The van der Waals surface area contributed by atoms with Gasteiger partial charge in [-0.2, -0.15) is 0 Å². The molecular weight excluding hydrogens is 492 g/mol. The first-order valence-corrected chi connectivity index (χ1v) is 12.8. The lowest BCUT2D eigenvalue weighted by Crippen LogP contribution is -2.40. The highest BCUT2D eigenvalue weighted by molar-refractivity contribution is 6.30. The molecule has 8 nitrogen and oxygen atoms in total. The van der Waals surface area contributed by atoms with Crippen LogP contribution in [0.15, 0.2) is 48.7 Å². The van der Waals surface area contributed by atoms with Crippen molar-refractivity contribution < 1.29 is 19.1 Å². The number of hydrogen-bond donors (Lipinski definition) is 1. The van der Waals surface area contributed by atoms with Gasteiger partial charge in [-0.05, 0) is 48.9 Å². The summed E-state index contributed by atoms with van der Waals surface area (Å²) >= 11 is 6.07. The molecule has 2 aromatic carbocycles. The Kier molecular flexibility index (Phi) is 8.38. The predicted molar refractivity (Wildman–Crippen MR) is 145 cm³/mol. The topological polar surface area (TPSA) is 85.7 Å². The number of anilines is 1. The molecule has 1 saturated carbocycles. The maximum atomic E-state index is 13.2. The number of benzene rings is 2. The van der Waals surface area contributed by atoms with Crippen LogP contribution in [0.1, 0.15) is 33.1 Å². The fraction of sp³-hybridized carbons (Fsp3) is 0.393. The van der Waals surface area contributed by atoms with Gasteiger partial charge in [0.25, 0.3) is 0 Å². The van der Waals surface area contributed by atoms with Crippen LogP contribution in [0.3, 0.4) is 0 Å². The number of imidazole rings is 1. The SMILES string of the molecule is COc1ccc(-n2cc(-c3ccc(Cl)cc3)nc2NC(=O)CN(CC2CC2)C(=O)CC(C)C)cc1OC. The number of carbonyl (C=O) groups excluding carboxylic acids is 2. The van der Waals surface area contributed by atoms with E-state index in [9.17, 15) is 9.59 Å². The number of methoxy groups -OCH3 is 2. The van der Waals surface area contributed by atoms with Crippen molar-refractivity contribution in [3.8, 4) is 28.4 Å². The lowest BCUT2D eigenvalue weighted by molar-refractivity contribution is -0.135. The Morgan fingerprint density at radius 1 is 1.11 bits per heavy atom. The van der Waals surface area contributed by atoms with Gasteiger partial charge in [0.1, 0.15) is 0 Å². The van der Waals surface area contributed by atoms with Crippen LogP contribution in [0.4, 0.5) is 5.95 Å². The van der Waals surface area contributed by atoms with Gasteiger partial charge in [0.15, 0.2) is 11.5 Å². The first-order chi connectivity index (χ1) is 17.8. The molecule has 196 valence electrons. The molecule has 0 bridgehead atoms. The molecule has 0 atom stereocenters. The highest BCUT2D eigenvalue weighted by Crippen LogP contribution is 2.32. The highest BCUT2D eigenvalue weighted by Gasteiger charge is 2.28. The average Bonchev–Trinajstić information content (AvgIpc) is 3.60. The van der Waals surface area contributed by atoms with Crippen LogP contribution in [-0.2, 0) is 9.59 Å². The second-order valence-corrected chi connectivity index (χ2v) is 10.2. The van der Waals surface area contributed by atoms with Crippen LogP contribution in [0, 0.1) is 11.8 Å². The standard InChI is InChI=1S/C28H33ClN4O4/c1-18(2)13-27(35)32(15-19-5-6-19)17-26(34)31-28-30-23(20-7-9-21(29)10-8-20)16-33(28)22-11-12-24(36-3)25(14-22)37-4/h7-12,14,16,18-19H,5-6,13,15,17H2,1-4H3,(H,30,31,34). The minimum absolute atomic E-state index is 0.00198. The third kappa shape index (κ3) is 6.83. The molecule has 0 radical (unpaired) electrons. The lowest BCUT2D eigenvalue weighted by atomic mass is 10.1. The van der Waals surface area contributed by atoms with Crippen molar-refractivity contribution in [2.75, 3.05) is 32.6 Å². The first kappa shape index (κ1) is 26.5. The first-order valence-electron chi connectivity index (χ1n) is 12.4. The van der Waals surface area contributed by atoms with Crippen molar-refractivity contribution in [2.24, 2.45) is 11.8 Å². The Morgan fingerprint density at radius 3 is 2.43 bits per heavy atom. The molecule has 0 unspecified atom stereocenters. The quantitative estimate of drug-likeness (QED) is 0.361. The number of carbonyl (C=O) groups is 2. The maximum Gasteiger partial charge on any atom is 0.246 e. The van der Waals surface area contributed by atoms with E-state index < -0.39 is 0 Å². The van der Waals surface area contributed by atoms with Gasteiger partial charge in [-0.3, -0.25) is 19.5 Å². The van der Waals surface area contributed by atoms with Crippen LogP contribution in [0.2, 0.25) is 5.02 Å². The molecule has 0 aliphatic heterocycles. The van der Waals surface area contributed by atoms with E-state index in [1.165, 1.54) is 0 Å². The van der Waals surface area contributed by atoms with Gasteiger partial charge in [-0.15, -0.1) is 0 Å². The van der Waals surface area contributed by atoms with Crippen LogP contribution in [0.25, 0.3) is 16.9 Å². The molecule has 4 rings (SSSR count). The molecule has 1 N–H and O–H groups in total. The summed E-state index contributed by atoms with van der Waals surface area (Å²) in [7, 11) is 3.15. The molecule has 1 aliphatic carbocycles. The van der Waals surface area contributed by atoms with E-state index in [1.54, 1.807) is 41.9 Å². The summed E-state index contributed by atoms with van der Waals surface area (Å²) in [5.74, 6) is 1.89. The number of nitrogens with one attached hydrogen (secondary N) is 1. The van der Waals surface area contributed by atoms with Crippen LogP contribution in [-0.4, -0.2) is 53.6 Å². The smallest absolute Gasteiger partial charge is 0.246 e. The number of amides is 2. The molecule has 9 heteroatoms. The molecular formula is C28H33ClN4O4. The van der Waals surface area contributed by atoms with E-state index in [1.807, 2.05) is 44.3 Å². The highest BCUT2D eigenvalue weighted by atomic mass is 35.5. The van der Waals surface area contributed by atoms with Crippen molar-refractivity contribution in [3.63, 3.8) is 0 Å². The number of nitrogens with zero attached hydrogens (tertiary/aromatic N) is 3. The summed E-state index contributed by atoms with van der Waals surface area (Å²) < 4.78 is 12.6. The molecule has 1 heterocycles. The lowest BCUT2D eigenvalue weighted by Gasteiger charge is -2.23. The summed E-state index contributed by atoms with van der Waals surface area (Å²) in [6.07, 6.45) is 4.45. The molecule has 1 aliphatic rings. The largest absolute Gasteiger partial charge is 0.493 e. The molecule has 0 saturated heterocycles. The van der Waals surface area contributed by atoms with E-state index in [2.05, 4.69) is 5.32 Å². The zero-order valence-electron chi connectivity index (χ0n) is 21.7. The summed E-state index contributed by atoms with van der Waals surface area (Å²) in [5.41, 5.74) is 2.24. The van der Waals surface area contributed by atoms with Gasteiger partial charge in [-0.1, -0.05) is 37.6 Å². The average molecular weight is 525 g/mol. The van der Waals surface area contributed by atoms with E-state index in [0.717, 1.165) is 24.1 Å². The summed E-state index contributed by atoms with van der Waals surface area (Å²) in [4.78, 5) is 32.4. The van der Waals surface area contributed by atoms with Crippen molar-refractivity contribution in [1.82, 2.24) is 14.5 Å². The third-order valence-electron chi connectivity index (χ3n) is 6.19. The fourth-order valence-electron chi connectivity index (χ4n) is 4.08. The van der Waals surface area contributed by atoms with Gasteiger partial charge in [-0.25, -0.2) is 4.98 Å². The van der Waals surface area contributed by atoms with E-state index in [-0.39, 0.29) is 24.3 Å². The molecule has 2 amide bonds. The predicted octanol–water partition coefficient (Wildman–Crippen LogP) is 5.43. The van der Waals surface area contributed by atoms with Gasteiger partial charge in [0.05, 0.1) is 32.1 Å². The minimum Gasteiger partial charge on any atom is -0.493 e. The Labute approximate surface area is 222 Å². The number of halogens is 1. The maximum absolute atomic E-state index is 13.2. The van der Waals surface area contributed by atoms with Crippen molar-refractivity contribution in [2.45, 2.75) is 33.1 Å². The monoisotopic (exact) mass is 524 g/mol. The van der Waals surface area contributed by atoms with Gasteiger partial charge >= 0.3 is 0 Å². The van der Waals surface area contributed by atoms with E-state index >= 15 is 0 Å². The zero-order valence-corrected chi connectivity index (χ0v) is 22.4. The summed E-state index contributed by atoms with van der Waals surface area (Å²) in [6, 6.07) is 12.8. The molecule has 3 aromatic rings. The number of ether oxygens (including phenoxy) is 2. The van der Waals surface area contributed by atoms with Crippen LogP contribution >= 0.6 is 11.6 Å². The number of rotatable bonds is 11. The van der Waals surface area contributed by atoms with Crippen molar-refractivity contribution in [3.05, 3.63) is 53.7 Å². The second kappa shape index (κ2) is 11.7. The fourth-order valence-corrected chi connectivity index (χ4v) is 4.21. The molecule has 1 aromatic heterocycles. The summed E-state index contributed by atoms with van der Waals surface area (Å²) in [5, 5.41) is 3.55. The molecule has 1 fully saturated rings. The van der Waals surface area contributed by atoms with E-state index in [0.29, 0.717) is 47.0 Å². The second-order valence-electron chi connectivity index (χ2n) is 9.73. The van der Waals surface area contributed by atoms with Crippen LogP contribution in [0.5, 0.6) is 11.5 Å². The van der Waals surface area contributed by atoms with Gasteiger partial charge < -0.3 is 14.4 Å². The molecule has 37 heavy (non-hydrogen) atoms. The molecule has 0 spiro atoms. The zero-order chi connectivity index (χ0) is 26.5.